The number of nitrogens with one attached hydrogen (secondary N) is 1. The zero-order chi connectivity index (χ0) is 25.4. The smallest absolute Gasteiger partial charge is 0.264 e. The molecule has 1 N–H and O–H groups in total. The number of amides is 1. The van der Waals surface area contributed by atoms with Crippen LogP contribution in [0.2, 0.25) is 10.0 Å². The van der Waals surface area contributed by atoms with Gasteiger partial charge in [-0.1, -0.05) is 53.5 Å². The van der Waals surface area contributed by atoms with E-state index in [-0.39, 0.29) is 20.6 Å². The number of rotatable bonds is 11. The lowest BCUT2D eigenvalue weighted by atomic mass is 10.1. The number of methoxy groups -OCH3 is 2. The molecular formula is C25H26Cl2N2O5S. The van der Waals surface area contributed by atoms with E-state index in [1.165, 1.54) is 18.2 Å². The van der Waals surface area contributed by atoms with Gasteiger partial charge in [-0.15, -0.1) is 0 Å². The highest BCUT2D eigenvalue weighted by molar-refractivity contribution is 7.92. The summed E-state index contributed by atoms with van der Waals surface area (Å²) in [5.41, 5.74) is 1.15. The maximum Gasteiger partial charge on any atom is 0.264 e. The second kappa shape index (κ2) is 12.2. The predicted molar refractivity (Wildman–Crippen MR) is 138 cm³/mol. The predicted octanol–water partition coefficient (Wildman–Crippen LogP) is 4.95. The van der Waals surface area contributed by atoms with Crippen molar-refractivity contribution in [3.05, 3.63) is 82.3 Å². The molecular weight excluding hydrogens is 511 g/mol. The van der Waals surface area contributed by atoms with Crippen LogP contribution in [0.3, 0.4) is 0 Å². The molecule has 1 amide bonds. The van der Waals surface area contributed by atoms with Gasteiger partial charge in [-0.2, -0.15) is 0 Å². The van der Waals surface area contributed by atoms with Crippen LogP contribution in [0, 0.1) is 0 Å². The lowest BCUT2D eigenvalue weighted by Crippen LogP contribution is -2.41. The third-order valence-electron chi connectivity index (χ3n) is 5.23. The molecule has 0 bridgehead atoms. The van der Waals surface area contributed by atoms with E-state index in [4.69, 9.17) is 32.7 Å². The largest absolute Gasteiger partial charge is 0.493 e. The standard InChI is InChI=1S/C25H26Cl2N2O5S/c1-33-22-14-13-18(16-23(22)34-2)8-7-15-28-24(30)17-29(21-12-6-11-20(26)25(21)27)35(31,32)19-9-4-3-5-10-19/h3-6,9-14,16H,7-8,15,17H2,1-2H3,(H,28,30). The first-order valence-corrected chi connectivity index (χ1v) is 13.0. The van der Waals surface area contributed by atoms with E-state index in [1.807, 2.05) is 18.2 Å². The first-order valence-electron chi connectivity index (χ1n) is 10.8. The van der Waals surface area contributed by atoms with Crippen molar-refractivity contribution < 1.29 is 22.7 Å². The molecule has 0 heterocycles. The summed E-state index contributed by atoms with van der Waals surface area (Å²) in [4.78, 5) is 12.8. The van der Waals surface area contributed by atoms with Gasteiger partial charge in [0.25, 0.3) is 10.0 Å². The molecule has 0 aliphatic rings. The molecule has 0 aliphatic carbocycles. The average Bonchev–Trinajstić information content (AvgIpc) is 2.87. The number of aryl methyl sites for hydroxylation is 1. The Hall–Kier alpha value is -2.94. The summed E-state index contributed by atoms with van der Waals surface area (Å²) in [6.45, 7) is -0.0939. The van der Waals surface area contributed by atoms with Crippen LogP contribution in [0.25, 0.3) is 0 Å². The molecule has 3 aromatic carbocycles. The Labute approximate surface area is 215 Å². The molecule has 10 heteroatoms. The van der Waals surface area contributed by atoms with E-state index in [1.54, 1.807) is 44.6 Å². The number of hydrogen-bond donors (Lipinski definition) is 1. The van der Waals surface area contributed by atoms with Gasteiger partial charge >= 0.3 is 0 Å². The quantitative estimate of drug-likeness (QED) is 0.350. The minimum Gasteiger partial charge on any atom is -0.493 e. The Kier molecular flexibility index (Phi) is 9.26. The molecule has 35 heavy (non-hydrogen) atoms. The Balaban J connectivity index is 1.70. The molecule has 0 fully saturated rings. The molecule has 7 nitrogen and oxygen atoms in total. The molecule has 0 radical (unpaired) electrons. The normalized spacial score (nSPS) is 11.1. The molecule has 3 aromatic rings. The van der Waals surface area contributed by atoms with E-state index in [2.05, 4.69) is 5.32 Å². The van der Waals surface area contributed by atoms with Gasteiger partial charge < -0.3 is 14.8 Å². The van der Waals surface area contributed by atoms with Crippen molar-refractivity contribution >= 4 is 44.8 Å². The van der Waals surface area contributed by atoms with Crippen LogP contribution in [0.15, 0.2) is 71.6 Å². The fourth-order valence-corrected chi connectivity index (χ4v) is 5.35. The molecule has 0 saturated heterocycles. The first kappa shape index (κ1) is 26.7. The second-order valence-corrected chi connectivity index (χ2v) is 10.2. The van der Waals surface area contributed by atoms with Gasteiger partial charge in [0, 0.05) is 6.54 Å². The second-order valence-electron chi connectivity index (χ2n) is 7.54. The highest BCUT2D eigenvalue weighted by Crippen LogP contribution is 2.35. The zero-order valence-corrected chi connectivity index (χ0v) is 21.7. The Morgan fingerprint density at radius 1 is 0.943 bits per heavy atom. The topological polar surface area (TPSA) is 84.9 Å². The maximum atomic E-state index is 13.4. The van der Waals surface area contributed by atoms with E-state index in [0.717, 1.165) is 9.87 Å². The molecule has 3 rings (SSSR count). The van der Waals surface area contributed by atoms with Gasteiger partial charge in [-0.25, -0.2) is 8.42 Å². The molecule has 0 aromatic heterocycles. The van der Waals surface area contributed by atoms with Crippen LogP contribution in [0.4, 0.5) is 5.69 Å². The number of hydrogen-bond acceptors (Lipinski definition) is 5. The third kappa shape index (κ3) is 6.60. The highest BCUT2D eigenvalue weighted by Gasteiger charge is 2.29. The summed E-state index contributed by atoms with van der Waals surface area (Å²) < 4.78 is 38.3. The summed E-state index contributed by atoms with van der Waals surface area (Å²) in [5, 5.41) is 3.02. The van der Waals surface area contributed by atoms with Gasteiger partial charge in [-0.05, 0) is 54.8 Å². The molecule has 0 saturated carbocycles. The monoisotopic (exact) mass is 536 g/mol. The summed E-state index contributed by atoms with van der Waals surface area (Å²) in [5.74, 6) is 0.811. The summed E-state index contributed by atoms with van der Waals surface area (Å²) in [7, 11) is -0.926. The Morgan fingerprint density at radius 2 is 1.66 bits per heavy atom. The van der Waals surface area contributed by atoms with Crippen molar-refractivity contribution in [2.45, 2.75) is 17.7 Å². The number of carbonyl (C=O) groups is 1. The first-order chi connectivity index (χ1) is 16.8. The van der Waals surface area contributed by atoms with Crippen molar-refractivity contribution in [3.8, 4) is 11.5 Å². The van der Waals surface area contributed by atoms with E-state index in [9.17, 15) is 13.2 Å². The summed E-state index contributed by atoms with van der Waals surface area (Å²) in [6.07, 6.45) is 1.33. The lowest BCUT2D eigenvalue weighted by molar-refractivity contribution is -0.119. The number of sulfonamides is 1. The van der Waals surface area contributed by atoms with Crippen molar-refractivity contribution in [2.24, 2.45) is 0 Å². The zero-order valence-electron chi connectivity index (χ0n) is 19.3. The lowest BCUT2D eigenvalue weighted by Gasteiger charge is -2.25. The van der Waals surface area contributed by atoms with Crippen LogP contribution < -0.4 is 19.1 Å². The van der Waals surface area contributed by atoms with Crippen molar-refractivity contribution in [1.82, 2.24) is 5.32 Å². The van der Waals surface area contributed by atoms with Crippen molar-refractivity contribution in [1.29, 1.82) is 0 Å². The highest BCUT2D eigenvalue weighted by atomic mass is 35.5. The van der Waals surface area contributed by atoms with E-state index in [0.29, 0.717) is 30.9 Å². The number of halogens is 2. The number of nitrogens with zero attached hydrogens (tertiary/aromatic N) is 1. The minimum atomic E-state index is -4.07. The summed E-state index contributed by atoms with van der Waals surface area (Å²) in [6, 6.07) is 18.1. The van der Waals surface area contributed by atoms with Crippen LogP contribution >= 0.6 is 23.2 Å². The number of carbonyl (C=O) groups excluding carboxylic acids is 1. The molecule has 0 aliphatic heterocycles. The average molecular weight is 537 g/mol. The van der Waals surface area contributed by atoms with Gasteiger partial charge in [0.1, 0.15) is 6.54 Å². The summed E-state index contributed by atoms with van der Waals surface area (Å²) >= 11 is 12.4. The number of ether oxygens (including phenoxy) is 2. The number of benzene rings is 3. The van der Waals surface area contributed by atoms with Gasteiger partial charge in [-0.3, -0.25) is 9.10 Å². The molecule has 186 valence electrons. The van der Waals surface area contributed by atoms with Gasteiger partial charge in [0.15, 0.2) is 11.5 Å². The van der Waals surface area contributed by atoms with Crippen LogP contribution in [0.5, 0.6) is 11.5 Å². The van der Waals surface area contributed by atoms with Gasteiger partial charge in [0.2, 0.25) is 5.91 Å². The van der Waals surface area contributed by atoms with Crippen LogP contribution in [-0.2, 0) is 21.2 Å². The molecule has 0 atom stereocenters. The Morgan fingerprint density at radius 3 is 2.34 bits per heavy atom. The van der Waals surface area contributed by atoms with Gasteiger partial charge in [0.05, 0.1) is 34.8 Å². The van der Waals surface area contributed by atoms with Crippen molar-refractivity contribution in [2.75, 3.05) is 31.6 Å². The van der Waals surface area contributed by atoms with E-state index < -0.39 is 22.5 Å². The fourth-order valence-electron chi connectivity index (χ4n) is 3.45. The fraction of sp³-hybridized carbons (Fsp3) is 0.240. The van der Waals surface area contributed by atoms with Crippen molar-refractivity contribution in [3.63, 3.8) is 0 Å². The van der Waals surface area contributed by atoms with E-state index >= 15 is 0 Å². The number of anilines is 1. The Bertz CT molecular complexity index is 1270. The molecule has 0 unspecified atom stereocenters. The van der Waals surface area contributed by atoms with Crippen LogP contribution in [-0.4, -0.2) is 41.6 Å². The maximum absolute atomic E-state index is 13.4. The molecule has 0 spiro atoms. The van der Waals surface area contributed by atoms with Crippen LogP contribution in [0.1, 0.15) is 12.0 Å². The third-order valence-corrected chi connectivity index (χ3v) is 7.81. The minimum absolute atomic E-state index is 0.0392. The SMILES string of the molecule is COc1ccc(CCCNC(=O)CN(c2cccc(Cl)c2Cl)S(=O)(=O)c2ccccc2)cc1OC.